The van der Waals surface area contributed by atoms with Gasteiger partial charge < -0.3 is 10.8 Å². The molecule has 0 fully saturated rings. The molecule has 0 spiro atoms. The Bertz CT molecular complexity index is 357. The molecule has 0 radical (unpaired) electrons. The van der Waals surface area contributed by atoms with E-state index in [0.29, 0.717) is 10.9 Å². The molecule has 0 bridgehead atoms. The van der Waals surface area contributed by atoms with Crippen LogP contribution in [-0.2, 0) is 0 Å². The second-order valence-corrected chi connectivity index (χ2v) is 5.67. The van der Waals surface area contributed by atoms with E-state index in [2.05, 4.69) is 29.8 Å². The number of hydrogen-bond acceptors (Lipinski definition) is 2. The van der Waals surface area contributed by atoms with Crippen molar-refractivity contribution in [2.75, 3.05) is 0 Å². The highest BCUT2D eigenvalue weighted by Crippen LogP contribution is 2.28. The van der Waals surface area contributed by atoms with E-state index in [9.17, 15) is 5.11 Å². The number of aliphatic hydroxyl groups excluding tert-OH is 1. The summed E-state index contributed by atoms with van der Waals surface area (Å²) in [5.41, 5.74) is 6.70. The lowest BCUT2D eigenvalue weighted by molar-refractivity contribution is 0.136. The van der Waals surface area contributed by atoms with Crippen LogP contribution in [0, 0.1) is 5.92 Å². The minimum Gasteiger partial charge on any atom is -0.387 e. The first-order valence-corrected chi connectivity index (χ1v) is 6.47. The largest absolute Gasteiger partial charge is 0.387 e. The molecule has 2 atom stereocenters. The number of hydrogen-bond donors (Lipinski definition) is 2. The molecule has 0 aliphatic heterocycles. The Hall–Kier alpha value is -0.0900. The Balaban J connectivity index is 2.79. The highest BCUT2D eigenvalue weighted by molar-refractivity contribution is 9.10. The van der Waals surface area contributed by atoms with Crippen LogP contribution < -0.4 is 5.73 Å². The van der Waals surface area contributed by atoms with E-state index in [4.69, 9.17) is 17.3 Å². The van der Waals surface area contributed by atoms with Crippen molar-refractivity contribution in [2.45, 2.75) is 32.4 Å². The first kappa shape index (κ1) is 14.0. The second kappa shape index (κ2) is 6.01. The van der Waals surface area contributed by atoms with E-state index in [1.54, 1.807) is 6.07 Å². The summed E-state index contributed by atoms with van der Waals surface area (Å²) in [7, 11) is 0. The molecule has 0 aromatic heterocycles. The van der Waals surface area contributed by atoms with Crippen LogP contribution in [-0.4, -0.2) is 11.1 Å². The summed E-state index contributed by atoms with van der Waals surface area (Å²) in [6.45, 7) is 4.17. The number of aliphatic hydroxyl groups is 1. The van der Waals surface area contributed by atoms with Gasteiger partial charge in [0.1, 0.15) is 0 Å². The van der Waals surface area contributed by atoms with E-state index in [1.807, 2.05) is 12.1 Å². The molecule has 1 aromatic rings. The van der Waals surface area contributed by atoms with Crippen LogP contribution in [0.25, 0.3) is 0 Å². The Morgan fingerprint density at radius 3 is 2.56 bits per heavy atom. The van der Waals surface area contributed by atoms with Gasteiger partial charge in [0.2, 0.25) is 0 Å². The smallest absolute Gasteiger partial charge is 0.0941 e. The molecular formula is C12H17BrClNO. The van der Waals surface area contributed by atoms with Gasteiger partial charge in [-0.25, -0.2) is 0 Å². The molecule has 0 saturated carbocycles. The van der Waals surface area contributed by atoms with Gasteiger partial charge in [-0.05, 0) is 46.0 Å². The summed E-state index contributed by atoms with van der Waals surface area (Å²) in [5, 5.41) is 10.6. The van der Waals surface area contributed by atoms with E-state index >= 15 is 0 Å². The summed E-state index contributed by atoms with van der Waals surface area (Å²) in [5.74, 6) is 0.468. The molecule has 0 aliphatic carbocycles. The Morgan fingerprint density at radius 2 is 2.06 bits per heavy atom. The summed E-state index contributed by atoms with van der Waals surface area (Å²) < 4.78 is 0.822. The molecule has 4 heteroatoms. The zero-order chi connectivity index (χ0) is 12.3. The fraction of sp³-hybridized carbons (Fsp3) is 0.500. The van der Waals surface area contributed by atoms with Crippen LogP contribution >= 0.6 is 27.5 Å². The molecule has 90 valence electrons. The molecule has 16 heavy (non-hydrogen) atoms. The third-order valence-corrected chi connectivity index (χ3v) is 3.67. The molecule has 0 aliphatic rings. The molecule has 1 aromatic carbocycles. The topological polar surface area (TPSA) is 46.2 Å². The normalized spacial score (nSPS) is 15.2. The lowest BCUT2D eigenvalue weighted by Gasteiger charge is -2.21. The van der Waals surface area contributed by atoms with Crippen molar-refractivity contribution in [3.05, 3.63) is 33.3 Å². The van der Waals surface area contributed by atoms with E-state index in [1.165, 1.54) is 0 Å². The lowest BCUT2D eigenvalue weighted by atomic mass is 9.95. The van der Waals surface area contributed by atoms with Crippen LogP contribution in [0.3, 0.4) is 0 Å². The molecule has 2 nitrogen and oxygen atoms in total. The van der Waals surface area contributed by atoms with Crippen molar-refractivity contribution < 1.29 is 5.11 Å². The van der Waals surface area contributed by atoms with Gasteiger partial charge in [0.15, 0.2) is 0 Å². The summed E-state index contributed by atoms with van der Waals surface area (Å²) in [4.78, 5) is 0. The van der Waals surface area contributed by atoms with Gasteiger partial charge in [-0.1, -0.05) is 31.5 Å². The van der Waals surface area contributed by atoms with Gasteiger partial charge in [-0.15, -0.1) is 0 Å². The molecule has 1 rings (SSSR count). The number of halogens is 2. The van der Waals surface area contributed by atoms with Crippen molar-refractivity contribution in [3.63, 3.8) is 0 Å². The van der Waals surface area contributed by atoms with Gasteiger partial charge >= 0.3 is 0 Å². The molecule has 0 amide bonds. The highest BCUT2D eigenvalue weighted by atomic mass is 79.9. The Kier molecular flexibility index (Phi) is 5.25. The van der Waals surface area contributed by atoms with E-state index in [-0.39, 0.29) is 6.04 Å². The first-order chi connectivity index (χ1) is 7.41. The minimum atomic E-state index is -0.659. The third kappa shape index (κ3) is 3.74. The Morgan fingerprint density at radius 1 is 1.44 bits per heavy atom. The molecular weight excluding hydrogens is 289 g/mol. The molecule has 0 heterocycles. The fourth-order valence-electron chi connectivity index (χ4n) is 1.62. The van der Waals surface area contributed by atoms with Crippen molar-refractivity contribution in [2.24, 2.45) is 11.7 Å². The van der Waals surface area contributed by atoms with Crippen molar-refractivity contribution in [3.8, 4) is 0 Å². The van der Waals surface area contributed by atoms with Crippen molar-refractivity contribution >= 4 is 27.5 Å². The van der Waals surface area contributed by atoms with Crippen molar-refractivity contribution in [1.82, 2.24) is 0 Å². The minimum absolute atomic E-state index is 0.253. The van der Waals surface area contributed by atoms with Crippen molar-refractivity contribution in [1.29, 1.82) is 0 Å². The van der Waals surface area contributed by atoms with Crippen LogP contribution in [0.2, 0.25) is 5.02 Å². The lowest BCUT2D eigenvalue weighted by Crippen LogP contribution is -2.29. The zero-order valence-corrected chi connectivity index (χ0v) is 11.8. The number of rotatable bonds is 4. The van der Waals surface area contributed by atoms with Gasteiger partial charge in [-0.2, -0.15) is 0 Å². The van der Waals surface area contributed by atoms with Crippen LogP contribution in [0.15, 0.2) is 22.7 Å². The average molecular weight is 307 g/mol. The van der Waals surface area contributed by atoms with Gasteiger partial charge in [0.25, 0.3) is 0 Å². The van der Waals surface area contributed by atoms with Gasteiger partial charge in [-0.3, -0.25) is 0 Å². The molecule has 2 unspecified atom stereocenters. The van der Waals surface area contributed by atoms with E-state index in [0.717, 1.165) is 16.5 Å². The fourth-order valence-corrected chi connectivity index (χ4v) is 2.05. The predicted octanol–water partition coefficient (Wildman–Crippen LogP) is 3.51. The van der Waals surface area contributed by atoms with Gasteiger partial charge in [0, 0.05) is 10.5 Å². The Labute approximate surface area is 110 Å². The third-order valence-electron chi connectivity index (χ3n) is 2.43. The monoisotopic (exact) mass is 305 g/mol. The SMILES string of the molecule is CC(C)CC(N)C(O)c1ccc(Br)c(Cl)c1. The quantitative estimate of drug-likeness (QED) is 0.894. The maximum Gasteiger partial charge on any atom is 0.0941 e. The number of nitrogens with two attached hydrogens (primary N) is 1. The zero-order valence-electron chi connectivity index (χ0n) is 9.45. The average Bonchev–Trinajstić information content (AvgIpc) is 2.20. The summed E-state index contributed by atoms with van der Waals surface area (Å²) in [6.07, 6.45) is 0.127. The maximum atomic E-state index is 10.1. The molecule has 3 N–H and O–H groups in total. The number of benzene rings is 1. The maximum absolute atomic E-state index is 10.1. The van der Waals surface area contributed by atoms with E-state index < -0.39 is 6.10 Å². The highest BCUT2D eigenvalue weighted by Gasteiger charge is 2.18. The van der Waals surface area contributed by atoms with Crippen LogP contribution in [0.4, 0.5) is 0 Å². The van der Waals surface area contributed by atoms with Crippen LogP contribution in [0.1, 0.15) is 31.9 Å². The van der Waals surface area contributed by atoms with Gasteiger partial charge in [0.05, 0.1) is 11.1 Å². The first-order valence-electron chi connectivity index (χ1n) is 5.30. The van der Waals surface area contributed by atoms with Crippen LogP contribution in [0.5, 0.6) is 0 Å². The summed E-state index contributed by atoms with van der Waals surface area (Å²) in [6, 6.07) is 5.15. The summed E-state index contributed by atoms with van der Waals surface area (Å²) >= 11 is 9.28. The second-order valence-electron chi connectivity index (χ2n) is 4.41. The standard InChI is InChI=1S/C12H17BrClNO/c1-7(2)5-11(15)12(16)8-3-4-9(13)10(14)6-8/h3-4,6-7,11-12,16H,5,15H2,1-2H3. The predicted molar refractivity (Wildman–Crippen MR) is 71.5 cm³/mol. The molecule has 0 saturated heterocycles.